The van der Waals surface area contributed by atoms with Crippen LogP contribution in [0.2, 0.25) is 0 Å². The number of hydrogen-bond acceptors (Lipinski definition) is 6. The normalized spacial score (nSPS) is 10.3. The third-order valence-corrected chi connectivity index (χ3v) is 3.34. The Labute approximate surface area is 134 Å². The fourth-order valence-electron chi connectivity index (χ4n) is 2.21. The van der Waals surface area contributed by atoms with E-state index in [0.29, 0.717) is 24.4 Å². The van der Waals surface area contributed by atoms with Gasteiger partial charge in [0.1, 0.15) is 5.75 Å². The molecule has 0 radical (unpaired) electrons. The van der Waals surface area contributed by atoms with Gasteiger partial charge in [-0.05, 0) is 37.5 Å². The maximum Gasteiger partial charge on any atom is 0.374 e. The van der Waals surface area contributed by atoms with Gasteiger partial charge in [0.15, 0.2) is 12.2 Å². The molecule has 1 aromatic heterocycles. The highest BCUT2D eigenvalue weighted by Gasteiger charge is 2.14. The van der Waals surface area contributed by atoms with Gasteiger partial charge in [0.25, 0.3) is 0 Å². The minimum Gasteiger partial charge on any atom is -0.496 e. The van der Waals surface area contributed by atoms with Crippen molar-refractivity contribution in [3.05, 3.63) is 36.4 Å². The first-order valence-electron chi connectivity index (χ1n) is 7.41. The van der Waals surface area contributed by atoms with Crippen molar-refractivity contribution in [1.29, 1.82) is 0 Å². The molecule has 0 fully saturated rings. The van der Waals surface area contributed by atoms with E-state index < -0.39 is 11.8 Å². The summed E-state index contributed by atoms with van der Waals surface area (Å²) >= 11 is 0. The van der Waals surface area contributed by atoms with Crippen LogP contribution in [0.3, 0.4) is 0 Å². The highest BCUT2D eigenvalue weighted by atomic mass is 16.5. The Balaban J connectivity index is 1.96. The molecular formula is C17H19NO5. The minimum absolute atomic E-state index is 0.172. The molecule has 0 amide bonds. The molecule has 0 aliphatic rings. The molecule has 6 nitrogen and oxygen atoms in total. The lowest BCUT2D eigenvalue weighted by molar-refractivity contribution is -0.153. The van der Waals surface area contributed by atoms with Gasteiger partial charge in [0.2, 0.25) is 5.78 Å². The number of aryl methyl sites for hydroxylation is 1. The van der Waals surface area contributed by atoms with Gasteiger partial charge in [-0.15, -0.1) is 0 Å². The van der Waals surface area contributed by atoms with Gasteiger partial charge in [0, 0.05) is 6.42 Å². The van der Waals surface area contributed by atoms with Crippen LogP contribution in [0.5, 0.6) is 5.75 Å². The molecule has 1 aromatic carbocycles. The van der Waals surface area contributed by atoms with Crippen LogP contribution in [0.25, 0.3) is 11.3 Å². The summed E-state index contributed by atoms with van der Waals surface area (Å²) in [5, 5.41) is 0. The molecule has 0 aliphatic heterocycles. The lowest BCUT2D eigenvalue weighted by atomic mass is 10.0. The lowest BCUT2D eigenvalue weighted by Crippen LogP contribution is -2.17. The summed E-state index contributed by atoms with van der Waals surface area (Å²) in [4.78, 5) is 26.7. The molecule has 2 rings (SSSR count). The van der Waals surface area contributed by atoms with Crippen molar-refractivity contribution >= 4 is 11.8 Å². The number of ether oxygens (including phenoxy) is 2. The predicted octanol–water partition coefficient (Wildman–Crippen LogP) is 2.81. The number of hydrogen-bond donors (Lipinski definition) is 0. The quantitative estimate of drug-likeness (QED) is 0.550. The van der Waals surface area contributed by atoms with Crippen LogP contribution in [0.15, 0.2) is 35.2 Å². The van der Waals surface area contributed by atoms with E-state index in [1.165, 1.54) is 6.39 Å². The number of nitrogens with zero attached hydrogens (tertiary/aromatic N) is 1. The largest absolute Gasteiger partial charge is 0.496 e. The molecule has 23 heavy (non-hydrogen) atoms. The number of esters is 1. The average molecular weight is 317 g/mol. The Morgan fingerprint density at radius 2 is 2.13 bits per heavy atom. The number of methoxy groups -OCH3 is 1. The van der Waals surface area contributed by atoms with Gasteiger partial charge in [-0.25, -0.2) is 9.78 Å². The van der Waals surface area contributed by atoms with Gasteiger partial charge < -0.3 is 13.9 Å². The van der Waals surface area contributed by atoms with E-state index in [-0.39, 0.29) is 13.0 Å². The molecule has 0 unspecified atom stereocenters. The highest BCUT2D eigenvalue weighted by molar-refractivity contribution is 6.33. The number of ketones is 1. The van der Waals surface area contributed by atoms with Crippen molar-refractivity contribution in [3.63, 3.8) is 0 Å². The molecule has 0 aliphatic carbocycles. The molecule has 0 atom stereocenters. The number of oxazole rings is 1. The van der Waals surface area contributed by atoms with Crippen molar-refractivity contribution < 1.29 is 23.5 Å². The average Bonchev–Trinajstić information content (AvgIpc) is 3.09. The van der Waals surface area contributed by atoms with Gasteiger partial charge in [0.05, 0.1) is 25.5 Å². The van der Waals surface area contributed by atoms with E-state index in [0.717, 1.165) is 11.1 Å². The lowest BCUT2D eigenvalue weighted by Gasteiger charge is -2.09. The Hall–Kier alpha value is -2.63. The summed E-state index contributed by atoms with van der Waals surface area (Å²) in [5.74, 6) is 0.0599. The standard InChI is InChI=1S/C17H19NO5/c1-3-22-17(20)14(19)6-4-5-12-7-8-13(15(9-12)21-2)16-10-18-11-23-16/h7-11H,3-6H2,1-2H3. The van der Waals surface area contributed by atoms with Crippen molar-refractivity contribution in [3.8, 4) is 17.1 Å². The molecule has 0 N–H and O–H groups in total. The first-order valence-corrected chi connectivity index (χ1v) is 7.41. The summed E-state index contributed by atoms with van der Waals surface area (Å²) in [6.45, 7) is 1.89. The minimum atomic E-state index is -0.759. The maximum atomic E-state index is 11.5. The van der Waals surface area contributed by atoms with Gasteiger partial charge in [-0.1, -0.05) is 6.07 Å². The molecule has 0 saturated heterocycles. The van der Waals surface area contributed by atoms with Crippen LogP contribution in [0.4, 0.5) is 0 Å². The fourth-order valence-corrected chi connectivity index (χ4v) is 2.21. The number of aromatic nitrogens is 1. The SMILES string of the molecule is CCOC(=O)C(=O)CCCc1ccc(-c2cnco2)c(OC)c1. The number of carbonyl (C=O) groups is 2. The Morgan fingerprint density at radius 3 is 2.78 bits per heavy atom. The van der Waals surface area contributed by atoms with E-state index in [4.69, 9.17) is 9.15 Å². The van der Waals surface area contributed by atoms with Crippen molar-refractivity contribution in [2.75, 3.05) is 13.7 Å². The third kappa shape index (κ3) is 4.42. The zero-order valence-electron chi connectivity index (χ0n) is 13.2. The summed E-state index contributed by atoms with van der Waals surface area (Å²) < 4.78 is 15.3. The van der Waals surface area contributed by atoms with Gasteiger partial charge in [-0.3, -0.25) is 4.79 Å². The fraction of sp³-hybridized carbons (Fsp3) is 0.353. The first-order chi connectivity index (χ1) is 11.2. The topological polar surface area (TPSA) is 78.6 Å². The van der Waals surface area contributed by atoms with Crippen LogP contribution < -0.4 is 4.74 Å². The van der Waals surface area contributed by atoms with Crippen LogP contribution in [0, 0.1) is 0 Å². The predicted molar refractivity (Wildman–Crippen MR) is 83.1 cm³/mol. The second-order valence-electron chi connectivity index (χ2n) is 4.90. The Morgan fingerprint density at radius 1 is 1.30 bits per heavy atom. The number of carbonyl (C=O) groups excluding carboxylic acids is 2. The van der Waals surface area contributed by atoms with Crippen LogP contribution in [0.1, 0.15) is 25.3 Å². The zero-order chi connectivity index (χ0) is 16.7. The van der Waals surface area contributed by atoms with Crippen LogP contribution in [-0.4, -0.2) is 30.5 Å². The molecule has 6 heteroatoms. The zero-order valence-corrected chi connectivity index (χ0v) is 13.2. The van der Waals surface area contributed by atoms with E-state index >= 15 is 0 Å². The third-order valence-electron chi connectivity index (χ3n) is 3.34. The summed E-state index contributed by atoms with van der Waals surface area (Å²) in [5.41, 5.74) is 1.83. The molecule has 0 saturated carbocycles. The molecule has 0 bridgehead atoms. The second-order valence-corrected chi connectivity index (χ2v) is 4.90. The molecular weight excluding hydrogens is 298 g/mol. The smallest absolute Gasteiger partial charge is 0.374 e. The number of Topliss-reactive ketones (excluding diaryl/α,β-unsaturated/α-hetero) is 1. The monoisotopic (exact) mass is 317 g/mol. The van der Waals surface area contributed by atoms with Crippen molar-refractivity contribution in [2.45, 2.75) is 26.2 Å². The summed E-state index contributed by atoms with van der Waals surface area (Å²) in [6.07, 6.45) is 4.39. The maximum absolute atomic E-state index is 11.5. The van der Waals surface area contributed by atoms with Gasteiger partial charge >= 0.3 is 5.97 Å². The number of rotatable bonds is 8. The molecule has 122 valence electrons. The van der Waals surface area contributed by atoms with Crippen molar-refractivity contribution in [2.24, 2.45) is 0 Å². The van der Waals surface area contributed by atoms with E-state index in [9.17, 15) is 9.59 Å². The second kappa shape index (κ2) is 8.12. The molecule has 2 aromatic rings. The number of benzene rings is 1. The molecule has 1 heterocycles. The summed E-state index contributed by atoms with van der Waals surface area (Å²) in [7, 11) is 1.59. The van der Waals surface area contributed by atoms with Crippen molar-refractivity contribution in [1.82, 2.24) is 4.98 Å². The Kier molecular flexibility index (Phi) is 5.91. The van der Waals surface area contributed by atoms with Gasteiger partial charge in [-0.2, -0.15) is 0 Å². The summed E-state index contributed by atoms with van der Waals surface area (Å²) in [6, 6.07) is 5.73. The van der Waals surface area contributed by atoms with Crippen LogP contribution >= 0.6 is 0 Å². The van der Waals surface area contributed by atoms with E-state index in [2.05, 4.69) is 9.72 Å². The molecule has 0 spiro atoms. The van der Waals surface area contributed by atoms with Crippen LogP contribution in [-0.2, 0) is 20.7 Å². The first kappa shape index (κ1) is 16.7. The van der Waals surface area contributed by atoms with E-state index in [1.54, 1.807) is 20.2 Å². The van der Waals surface area contributed by atoms with E-state index in [1.807, 2.05) is 18.2 Å². The highest BCUT2D eigenvalue weighted by Crippen LogP contribution is 2.30. The Bertz CT molecular complexity index is 664.